The molecule has 0 saturated carbocycles. The van der Waals surface area contributed by atoms with Crippen LogP contribution in [0.2, 0.25) is 0 Å². The van der Waals surface area contributed by atoms with E-state index in [1.807, 2.05) is 12.1 Å². The fraction of sp³-hybridized carbons (Fsp3) is 0.0500. The molecule has 0 aliphatic rings. The summed E-state index contributed by atoms with van der Waals surface area (Å²) in [4.78, 5) is 12.6. The van der Waals surface area contributed by atoms with Crippen molar-refractivity contribution < 1.29 is 13.9 Å². The summed E-state index contributed by atoms with van der Waals surface area (Å²) in [5.74, 6) is -0.612. The third kappa shape index (κ3) is 3.65. The average molecular weight is 351 g/mol. The molecule has 0 heterocycles. The summed E-state index contributed by atoms with van der Waals surface area (Å²) in [5.41, 5.74) is 1.23. The Bertz CT molecular complexity index is 850. The van der Waals surface area contributed by atoms with Gasteiger partial charge >= 0.3 is 13.3 Å². The highest BCUT2D eigenvalue weighted by Crippen LogP contribution is 2.45. The minimum absolute atomic E-state index is 0.353. The van der Waals surface area contributed by atoms with Gasteiger partial charge < -0.3 is 9.84 Å². The van der Waals surface area contributed by atoms with E-state index >= 15 is 0 Å². The van der Waals surface area contributed by atoms with E-state index in [4.69, 9.17) is 4.52 Å². The van der Waals surface area contributed by atoms with Crippen LogP contribution in [-0.2, 0) is 9.09 Å². The van der Waals surface area contributed by atoms with Gasteiger partial charge in [0.1, 0.15) is 0 Å². The summed E-state index contributed by atoms with van der Waals surface area (Å²) in [6.45, 7) is 0. The first-order valence-electron chi connectivity index (χ1n) is 7.86. The summed E-state index contributed by atoms with van der Waals surface area (Å²) in [6, 6.07) is 24.5. The number of hydrogen-bond donors (Lipinski definition) is 1. The standard InChI is InChI=1S/C20H18NO3P/c1-21-17-14-12-16(13-15-17)20(22)24-25(23,18-8-4-2-5-9-18)19-10-6-3-7-11-19/h2-15,21H,1H3. The predicted octanol–water partition coefficient (Wildman–Crippen LogP) is 3.81. The Morgan fingerprint density at radius 3 is 1.72 bits per heavy atom. The van der Waals surface area contributed by atoms with Crippen molar-refractivity contribution in [3.8, 4) is 0 Å². The summed E-state index contributed by atoms with van der Waals surface area (Å²) in [5, 5.41) is 3.96. The van der Waals surface area contributed by atoms with Gasteiger partial charge in [0.05, 0.1) is 16.2 Å². The lowest BCUT2D eigenvalue weighted by molar-refractivity contribution is 0.0747. The minimum Gasteiger partial charge on any atom is -0.401 e. The van der Waals surface area contributed by atoms with E-state index in [0.29, 0.717) is 16.2 Å². The van der Waals surface area contributed by atoms with E-state index < -0.39 is 13.3 Å². The van der Waals surface area contributed by atoms with Crippen LogP contribution in [0.1, 0.15) is 10.4 Å². The normalized spacial score (nSPS) is 10.9. The lowest BCUT2D eigenvalue weighted by atomic mass is 10.2. The molecule has 3 aromatic carbocycles. The van der Waals surface area contributed by atoms with E-state index in [1.54, 1.807) is 79.8 Å². The van der Waals surface area contributed by atoms with E-state index in [2.05, 4.69) is 5.32 Å². The summed E-state index contributed by atoms with van der Waals surface area (Å²) < 4.78 is 19.2. The zero-order chi connectivity index (χ0) is 17.7. The molecule has 0 atom stereocenters. The Kier molecular flexibility index (Phi) is 5.01. The topological polar surface area (TPSA) is 55.4 Å². The first-order valence-corrected chi connectivity index (χ1v) is 9.49. The van der Waals surface area contributed by atoms with E-state index in [9.17, 15) is 9.36 Å². The van der Waals surface area contributed by atoms with Gasteiger partial charge in [-0.2, -0.15) is 0 Å². The number of rotatable bonds is 5. The Labute approximate surface area is 146 Å². The van der Waals surface area contributed by atoms with Crippen molar-refractivity contribution in [2.75, 3.05) is 12.4 Å². The van der Waals surface area contributed by atoms with E-state index in [-0.39, 0.29) is 0 Å². The van der Waals surface area contributed by atoms with Crippen LogP contribution in [0.15, 0.2) is 84.9 Å². The summed E-state index contributed by atoms with van der Waals surface area (Å²) >= 11 is 0. The van der Waals surface area contributed by atoms with Crippen molar-refractivity contribution in [3.05, 3.63) is 90.5 Å². The van der Waals surface area contributed by atoms with Gasteiger partial charge in [0, 0.05) is 12.7 Å². The first kappa shape index (κ1) is 17.0. The Hall–Kier alpha value is -2.84. The number of benzene rings is 3. The van der Waals surface area contributed by atoms with Crippen LogP contribution < -0.4 is 15.9 Å². The molecular formula is C20H18NO3P. The molecule has 0 bridgehead atoms. The molecule has 126 valence electrons. The molecule has 5 heteroatoms. The highest BCUT2D eigenvalue weighted by atomic mass is 31.2. The molecule has 3 rings (SSSR count). The molecule has 25 heavy (non-hydrogen) atoms. The van der Waals surface area contributed by atoms with Gasteiger partial charge in [-0.1, -0.05) is 36.4 Å². The van der Waals surface area contributed by atoms with Crippen molar-refractivity contribution in [2.45, 2.75) is 0 Å². The Morgan fingerprint density at radius 2 is 1.28 bits per heavy atom. The summed E-state index contributed by atoms with van der Waals surface area (Å²) in [7, 11) is -1.73. The SMILES string of the molecule is CNc1ccc(C(=O)OP(=O)(c2ccccc2)c2ccccc2)cc1. The molecule has 4 nitrogen and oxygen atoms in total. The smallest absolute Gasteiger partial charge is 0.343 e. The van der Waals surface area contributed by atoms with Crippen LogP contribution >= 0.6 is 7.37 Å². The van der Waals surface area contributed by atoms with Gasteiger partial charge in [-0.25, -0.2) is 4.79 Å². The van der Waals surface area contributed by atoms with Crippen LogP contribution in [0.5, 0.6) is 0 Å². The van der Waals surface area contributed by atoms with Crippen molar-refractivity contribution in [3.63, 3.8) is 0 Å². The van der Waals surface area contributed by atoms with E-state index in [0.717, 1.165) is 5.69 Å². The molecule has 0 aromatic heterocycles. The second kappa shape index (κ2) is 7.37. The lowest BCUT2D eigenvalue weighted by Crippen LogP contribution is -2.20. The monoisotopic (exact) mass is 351 g/mol. The van der Waals surface area contributed by atoms with Crippen LogP contribution in [-0.4, -0.2) is 13.0 Å². The third-order valence-corrected chi connectivity index (χ3v) is 6.19. The molecule has 0 aliphatic carbocycles. The predicted molar refractivity (Wildman–Crippen MR) is 101 cm³/mol. The maximum atomic E-state index is 13.7. The second-order valence-electron chi connectivity index (χ2n) is 5.43. The third-order valence-electron chi connectivity index (χ3n) is 3.81. The average Bonchev–Trinajstić information content (AvgIpc) is 2.69. The fourth-order valence-corrected chi connectivity index (χ4v) is 4.42. The maximum absolute atomic E-state index is 13.7. The molecule has 0 fully saturated rings. The highest BCUT2D eigenvalue weighted by molar-refractivity contribution is 7.74. The number of hydrogen-bond acceptors (Lipinski definition) is 4. The number of carbonyl (C=O) groups excluding carboxylic acids is 1. The number of nitrogens with one attached hydrogen (secondary N) is 1. The fourth-order valence-electron chi connectivity index (χ4n) is 2.45. The van der Waals surface area contributed by atoms with Gasteiger partial charge in [0.15, 0.2) is 0 Å². The van der Waals surface area contributed by atoms with Crippen molar-refractivity contribution >= 4 is 29.6 Å². The molecule has 0 radical (unpaired) electrons. The Balaban J connectivity index is 1.98. The molecule has 0 saturated heterocycles. The minimum atomic E-state index is -3.53. The quantitative estimate of drug-likeness (QED) is 0.710. The molecule has 0 amide bonds. The van der Waals surface area contributed by atoms with Gasteiger partial charge in [-0.15, -0.1) is 0 Å². The van der Waals surface area contributed by atoms with E-state index in [1.165, 1.54) is 0 Å². The number of carbonyl (C=O) groups is 1. The molecular weight excluding hydrogens is 333 g/mol. The molecule has 0 unspecified atom stereocenters. The second-order valence-corrected chi connectivity index (χ2v) is 7.75. The summed E-state index contributed by atoms with van der Waals surface area (Å²) in [6.07, 6.45) is 0. The highest BCUT2D eigenvalue weighted by Gasteiger charge is 2.32. The van der Waals surface area contributed by atoms with Gasteiger partial charge in [-0.3, -0.25) is 4.57 Å². The Morgan fingerprint density at radius 1 is 0.800 bits per heavy atom. The van der Waals surface area contributed by atoms with Gasteiger partial charge in [0.25, 0.3) is 0 Å². The first-order chi connectivity index (χ1) is 12.1. The van der Waals surface area contributed by atoms with Crippen LogP contribution in [0.25, 0.3) is 0 Å². The maximum Gasteiger partial charge on any atom is 0.343 e. The molecule has 0 aliphatic heterocycles. The molecule has 0 spiro atoms. The van der Waals surface area contributed by atoms with Gasteiger partial charge in [0.2, 0.25) is 0 Å². The van der Waals surface area contributed by atoms with Crippen molar-refractivity contribution in [1.29, 1.82) is 0 Å². The van der Waals surface area contributed by atoms with Gasteiger partial charge in [-0.05, 0) is 48.5 Å². The van der Waals surface area contributed by atoms with Crippen LogP contribution in [0, 0.1) is 0 Å². The van der Waals surface area contributed by atoms with Crippen molar-refractivity contribution in [2.24, 2.45) is 0 Å². The molecule has 1 N–H and O–H groups in total. The zero-order valence-corrected chi connectivity index (χ0v) is 14.6. The van der Waals surface area contributed by atoms with Crippen LogP contribution in [0.4, 0.5) is 5.69 Å². The zero-order valence-electron chi connectivity index (χ0n) is 13.8. The lowest BCUT2D eigenvalue weighted by Gasteiger charge is -2.19. The van der Waals surface area contributed by atoms with Crippen molar-refractivity contribution in [1.82, 2.24) is 0 Å². The largest absolute Gasteiger partial charge is 0.401 e. The number of anilines is 1. The van der Waals surface area contributed by atoms with Crippen LogP contribution in [0.3, 0.4) is 0 Å². The molecule has 3 aromatic rings.